The maximum Gasteiger partial charge on any atom is 0.296 e. The Morgan fingerprint density at radius 1 is 0.317 bits per heavy atom. The summed E-state index contributed by atoms with van der Waals surface area (Å²) in [4.78, 5) is 93.7. The lowest BCUT2D eigenvalue weighted by Crippen LogP contribution is -2.41. The van der Waals surface area contributed by atoms with Gasteiger partial charge in [-0.05, 0) is 178 Å². The van der Waals surface area contributed by atoms with Gasteiger partial charge in [0.1, 0.15) is 63.2 Å². The normalized spacial score (nSPS) is 19.4. The van der Waals surface area contributed by atoms with Crippen molar-refractivity contribution in [3.05, 3.63) is 302 Å². The molecule has 8 aliphatic rings. The van der Waals surface area contributed by atoms with Gasteiger partial charge in [-0.2, -0.15) is 4.39 Å². The lowest BCUT2D eigenvalue weighted by molar-refractivity contribution is 0.320. The molecule has 714 valence electrons. The number of nitrogens with zero attached hydrogens (tertiary/aromatic N) is 16. The van der Waals surface area contributed by atoms with Gasteiger partial charge in [0.25, 0.3) is 22.2 Å². The van der Waals surface area contributed by atoms with Crippen LogP contribution in [-0.4, -0.2) is 119 Å². The summed E-state index contributed by atoms with van der Waals surface area (Å²) in [5.74, 6) is 0.140. The standard InChI is InChI=1S/C27H26F2N4O2.C26H23ClF2N4O2.C26H23F3N4O2.C26H24F2N4O2/c1-16-25(32-12-11-17-5-4-6-19(17)15-32)31-26(18-7-9-23(30-2)21(28)13-18)33(27(16)34)20-8-10-24(35-3)22(29)14-20;1-30-21-8-6-16(12-19(21)28)24-31-25(32-11-10-15-4-3-5-17(15)14-32)23(27)26(34)33(24)18-7-9-22(35-2)20(29)13-18;1-30-21-8-6-16(12-19(21)27)24-31-25(32-11-10-15-4-3-5-17(15)14-32)23(29)26(34)33(24)18-7-9-22(35-2)20(28)13-18;1-29-22-8-6-17(12-20(22)27)26-30-24(31-11-10-16-4-3-5-18(16)15-31)14-25(33)32(26)19-7-9-23(34-2)21(28)13-19/h7-10,13-14,17,19H,4-6,11-12,15H2,1,3H3;2*6-9,12-13,15,17H,3-5,10-11,14H2,2H3;6-9,12-14,16,18H,3-5,10-11,15H2,2H3. The molecular formula is C105H96ClF9N16O8. The van der Waals surface area contributed by atoms with Crippen LogP contribution in [0.5, 0.6) is 23.0 Å². The van der Waals surface area contributed by atoms with E-state index in [1.807, 2.05) is 4.90 Å². The van der Waals surface area contributed by atoms with E-state index in [4.69, 9.17) is 71.8 Å². The van der Waals surface area contributed by atoms with Crippen molar-refractivity contribution in [2.75, 3.05) is 100 Å². The van der Waals surface area contributed by atoms with Crippen molar-refractivity contribution in [1.29, 1.82) is 0 Å². The Hall–Kier alpha value is -14.7. The zero-order valence-electron chi connectivity index (χ0n) is 76.7. The summed E-state index contributed by atoms with van der Waals surface area (Å²) in [7, 11) is 5.38. The molecule has 139 heavy (non-hydrogen) atoms. The van der Waals surface area contributed by atoms with E-state index in [1.54, 1.807) is 36.1 Å². The number of aromatic nitrogens is 8. The van der Waals surface area contributed by atoms with Crippen molar-refractivity contribution in [3.8, 4) is 91.3 Å². The van der Waals surface area contributed by atoms with Gasteiger partial charge in [-0.25, -0.2) is 74.4 Å². The number of methoxy groups -OCH3 is 4. The number of hydrogen-bond donors (Lipinski definition) is 0. The lowest BCUT2D eigenvalue weighted by Gasteiger charge is -2.36. The van der Waals surface area contributed by atoms with Crippen molar-refractivity contribution < 1.29 is 58.5 Å². The van der Waals surface area contributed by atoms with Gasteiger partial charge in [0.15, 0.2) is 57.9 Å². The van der Waals surface area contributed by atoms with Gasteiger partial charge in [-0.1, -0.05) is 111 Å². The minimum atomic E-state index is -1.04. The van der Waals surface area contributed by atoms with Crippen LogP contribution in [0.3, 0.4) is 0 Å². The van der Waals surface area contributed by atoms with Crippen molar-refractivity contribution in [1.82, 2.24) is 38.2 Å². The largest absolute Gasteiger partial charge is 0.494 e. The number of fused-ring (bicyclic) bond motifs is 4. The first-order chi connectivity index (χ1) is 67.2. The SMILES string of the molecule is [C-]#[N+]c1ccc(-c2nc(N3CCC4CCCC4C3)c(C)c(=O)n2-c2ccc(OC)c(F)c2)cc1F.[C-]#[N+]c1ccc(-c2nc(N3CCC4CCCC4C3)c(Cl)c(=O)n2-c2ccc(OC)c(F)c2)cc1F.[C-]#[N+]c1ccc(-c2nc(N3CCC4CCCC4C3)c(F)c(=O)n2-c2ccc(OC)c(F)c2)cc1F.[C-]#[N+]c1ccc(-c2nc(N3CCC4CCCC4C3)cc(=O)n2-c2ccc(OC)c(F)c2)cc1F. The van der Waals surface area contributed by atoms with Gasteiger partial charge in [-0.15, -0.1) is 0 Å². The van der Waals surface area contributed by atoms with E-state index < -0.39 is 69.0 Å². The number of rotatable bonds is 16. The number of anilines is 4. The number of piperidine rings is 4. The third-order valence-corrected chi connectivity index (χ3v) is 28.8. The second-order valence-electron chi connectivity index (χ2n) is 36.2. The molecule has 4 saturated heterocycles. The van der Waals surface area contributed by atoms with Crippen LogP contribution in [0.1, 0.15) is 108 Å². The maximum absolute atomic E-state index is 15.5. The zero-order chi connectivity index (χ0) is 97.9. The summed E-state index contributed by atoms with van der Waals surface area (Å²) in [6, 6.07) is 33.8. The molecule has 0 N–H and O–H groups in total. The van der Waals surface area contributed by atoms with Crippen LogP contribution in [0.25, 0.3) is 87.7 Å². The molecule has 8 fully saturated rings. The number of hydrogen-bond acceptors (Lipinski definition) is 16. The fraction of sp³-hybridized carbons (Fsp3) is 0.352. The first kappa shape index (κ1) is 96.0. The molecule has 24 nitrogen and oxygen atoms in total. The van der Waals surface area contributed by atoms with Crippen LogP contribution in [0, 0.1) is 133 Å². The molecule has 0 radical (unpaired) electrons. The highest BCUT2D eigenvalue weighted by Crippen LogP contribution is 2.46. The molecule has 8 heterocycles. The summed E-state index contributed by atoms with van der Waals surface area (Å²) in [5.41, 5.74) is -0.647. The average Bonchev–Trinajstić information content (AvgIpc) is 0.846. The third kappa shape index (κ3) is 19.5. The van der Waals surface area contributed by atoms with Crippen LogP contribution in [-0.2, 0) is 0 Å². The molecule has 4 saturated carbocycles. The Morgan fingerprint density at radius 3 is 0.942 bits per heavy atom. The Balaban J connectivity index is 0.000000128. The molecule has 0 bridgehead atoms. The molecule has 20 rings (SSSR count). The first-order valence-electron chi connectivity index (χ1n) is 46.2. The average molecular weight is 1920 g/mol. The lowest BCUT2D eigenvalue weighted by atomic mass is 9.88. The summed E-state index contributed by atoms with van der Waals surface area (Å²) in [6.45, 7) is 36.1. The highest BCUT2D eigenvalue weighted by Gasteiger charge is 2.41. The van der Waals surface area contributed by atoms with E-state index in [2.05, 4.69) is 34.2 Å². The summed E-state index contributed by atoms with van der Waals surface area (Å²) >= 11 is 6.59. The minimum Gasteiger partial charge on any atom is -0.494 e. The van der Waals surface area contributed by atoms with Gasteiger partial charge < -0.3 is 38.5 Å². The van der Waals surface area contributed by atoms with E-state index in [0.29, 0.717) is 82.7 Å². The van der Waals surface area contributed by atoms with E-state index in [9.17, 15) is 54.3 Å². The number of ether oxygens (including phenoxy) is 4. The predicted octanol–water partition coefficient (Wildman–Crippen LogP) is 22.6. The van der Waals surface area contributed by atoms with Crippen molar-refractivity contribution in [2.24, 2.45) is 47.3 Å². The van der Waals surface area contributed by atoms with Crippen molar-refractivity contribution in [2.45, 2.75) is 110 Å². The first-order valence-corrected chi connectivity index (χ1v) is 46.6. The van der Waals surface area contributed by atoms with E-state index >= 15 is 4.39 Å². The summed E-state index contributed by atoms with van der Waals surface area (Å²) in [5, 5.41) is -0.0697. The van der Waals surface area contributed by atoms with Gasteiger partial charge >= 0.3 is 0 Å². The highest BCUT2D eigenvalue weighted by molar-refractivity contribution is 6.32. The Kier molecular flexibility index (Phi) is 28.5. The second-order valence-corrected chi connectivity index (χ2v) is 36.6. The Labute approximate surface area is 800 Å². The van der Waals surface area contributed by atoms with E-state index in [-0.39, 0.29) is 119 Å². The minimum absolute atomic E-state index is 0.0189. The molecule has 0 amide bonds. The van der Waals surface area contributed by atoms with Gasteiger partial charge in [0, 0.05) is 105 Å². The molecular weight excluding hydrogens is 1820 g/mol. The van der Waals surface area contributed by atoms with Crippen LogP contribution < -0.4 is 60.8 Å². The molecule has 8 unspecified atom stereocenters. The third-order valence-electron chi connectivity index (χ3n) is 28.5. The molecule has 4 aliphatic carbocycles. The molecule has 8 aromatic carbocycles. The summed E-state index contributed by atoms with van der Waals surface area (Å²) < 4.78 is 157. The Bertz CT molecular complexity index is 6730. The van der Waals surface area contributed by atoms with Crippen LogP contribution in [0.2, 0.25) is 5.02 Å². The van der Waals surface area contributed by atoms with E-state index in [0.717, 1.165) is 131 Å². The maximum atomic E-state index is 15.5. The van der Waals surface area contributed by atoms with Gasteiger partial charge in [0.05, 0.1) is 83.0 Å². The molecule has 0 spiro atoms. The predicted molar refractivity (Wildman–Crippen MR) is 512 cm³/mol. The fourth-order valence-corrected chi connectivity index (χ4v) is 21.6. The van der Waals surface area contributed by atoms with E-state index in [1.165, 1.54) is 197 Å². The second kappa shape index (κ2) is 41.3. The zero-order valence-corrected chi connectivity index (χ0v) is 77.5. The molecule has 34 heteroatoms. The fourth-order valence-electron chi connectivity index (χ4n) is 21.3. The van der Waals surface area contributed by atoms with Gasteiger partial charge in [-0.3, -0.25) is 37.4 Å². The van der Waals surface area contributed by atoms with Gasteiger partial charge in [0.2, 0.25) is 28.6 Å². The molecule has 12 aromatic rings. The molecule has 4 aliphatic heterocycles. The summed E-state index contributed by atoms with van der Waals surface area (Å²) in [6.07, 6.45) is 18.3. The quantitative estimate of drug-likeness (QED) is 0.0651. The smallest absolute Gasteiger partial charge is 0.296 e. The Morgan fingerprint density at radius 2 is 0.604 bits per heavy atom. The molecule has 4 aromatic heterocycles. The van der Waals surface area contributed by atoms with Crippen molar-refractivity contribution >= 4 is 57.6 Å². The highest BCUT2D eigenvalue weighted by atomic mass is 35.5. The topological polar surface area (TPSA) is 207 Å². The molecule has 8 atom stereocenters. The van der Waals surface area contributed by atoms with Crippen LogP contribution >= 0.6 is 11.6 Å². The number of benzene rings is 8. The monoisotopic (exact) mass is 1910 g/mol. The number of halogens is 10. The van der Waals surface area contributed by atoms with Crippen molar-refractivity contribution in [3.63, 3.8) is 0 Å². The van der Waals surface area contributed by atoms with Crippen LogP contribution in [0.4, 0.5) is 85.5 Å². The van der Waals surface area contributed by atoms with Crippen LogP contribution in [0.15, 0.2) is 171 Å².